The first-order valence-electron chi connectivity index (χ1n) is 36.8. The molecule has 1 unspecified atom stereocenters. The molecule has 0 aliphatic carbocycles. The Hall–Kier alpha value is -2.62. The number of carbonyl (C=O) groups is 2. The van der Waals surface area contributed by atoms with Gasteiger partial charge in [0.25, 0.3) is 0 Å². The maximum Gasteiger partial charge on any atom is 0.237 e. The number of ether oxygens (including phenoxy) is 16. The molecule has 0 aromatic rings. The summed E-state index contributed by atoms with van der Waals surface area (Å²) in [7, 11) is 1.64. The van der Waals surface area contributed by atoms with E-state index in [1.807, 2.05) is 0 Å². The van der Waals surface area contributed by atoms with Crippen molar-refractivity contribution in [1.82, 2.24) is 25.8 Å². The van der Waals surface area contributed by atoms with Gasteiger partial charge in [0.2, 0.25) is 11.8 Å². The lowest BCUT2D eigenvalue weighted by Gasteiger charge is -2.33. The van der Waals surface area contributed by atoms with E-state index in [1.54, 1.807) is 7.05 Å². The van der Waals surface area contributed by atoms with Crippen molar-refractivity contribution in [2.24, 2.45) is 0 Å². The highest BCUT2D eigenvalue weighted by Crippen LogP contribution is 2.14. The Kier molecular flexibility index (Phi) is 71.3. The smallest absolute Gasteiger partial charge is 0.237 e. The first-order chi connectivity index (χ1) is 52.5. The molecule has 2 amide bonds. The van der Waals surface area contributed by atoms with Crippen molar-refractivity contribution in [1.29, 1.82) is 0 Å². The SMILES string of the molecule is CNC(CCC(=O)NCCOCCOCCOCCOCCOCCOCCOCCOCCN(C[C@H](O)[C@@H](O)[C@H](O)[C@H](O)CO)C[C@H](O)[C@@H](O)[C@H](O)[C@H](O)CO)C(=O)NCCOCCOCCOCCOCCOCCOCCOCCOCCN(C[C@H](O)[C@@H](O)[C@H](O)[C@H](O)CO)C[C@H](O)[C@@H](O)[C@H](O)[C@H](O)CO. The van der Waals surface area contributed by atoms with Crippen molar-refractivity contribution in [2.75, 3.05) is 297 Å². The van der Waals surface area contributed by atoms with Crippen LogP contribution in [0.15, 0.2) is 0 Å². The minimum Gasteiger partial charge on any atom is -0.394 e. The molecule has 0 fully saturated rings. The Balaban J connectivity index is 3.77. The fraction of sp³-hybridized carbons (Fsp3) is 0.970. The van der Waals surface area contributed by atoms with Crippen LogP contribution in [0.25, 0.3) is 0 Å². The van der Waals surface area contributed by atoms with Crippen LogP contribution in [0.1, 0.15) is 12.8 Å². The summed E-state index contributed by atoms with van der Waals surface area (Å²) in [6.07, 6.45) is -28.5. The number of hydrogen-bond acceptors (Lipinski definition) is 41. The summed E-state index contributed by atoms with van der Waals surface area (Å²) in [5.41, 5.74) is 0. The molecule has 23 N–H and O–H groups in total. The monoisotopic (exact) mass is 1610 g/mol. The van der Waals surface area contributed by atoms with E-state index in [0.29, 0.717) is 152 Å². The number of aliphatic hydroxyl groups excluding tert-OH is 20. The van der Waals surface area contributed by atoms with E-state index in [0.717, 1.165) is 0 Å². The van der Waals surface area contributed by atoms with Crippen LogP contribution in [0.5, 0.6) is 0 Å². The largest absolute Gasteiger partial charge is 0.394 e. The molecule has 0 heterocycles. The molecular formula is C66H135N5O38. The summed E-state index contributed by atoms with van der Waals surface area (Å²) in [6, 6.07) is -0.570. The molecule has 0 aromatic heterocycles. The predicted molar refractivity (Wildman–Crippen MR) is 379 cm³/mol. The van der Waals surface area contributed by atoms with Crippen LogP contribution in [0.2, 0.25) is 0 Å². The van der Waals surface area contributed by atoms with Gasteiger partial charge in [-0.25, -0.2) is 0 Å². The van der Waals surface area contributed by atoms with Gasteiger partial charge in [0.05, 0.1) is 268 Å². The summed E-state index contributed by atoms with van der Waals surface area (Å²) >= 11 is 0. The van der Waals surface area contributed by atoms with E-state index >= 15 is 0 Å². The zero-order chi connectivity index (χ0) is 81.1. The number of nitrogens with zero attached hydrogens (tertiary/aromatic N) is 2. The zero-order valence-corrected chi connectivity index (χ0v) is 63.0. The second kappa shape index (κ2) is 73.0. The second-order valence-corrected chi connectivity index (χ2v) is 24.5. The molecule has 0 rings (SSSR count). The van der Waals surface area contributed by atoms with Crippen LogP contribution in [0.4, 0.5) is 0 Å². The molecule has 0 saturated heterocycles. The lowest BCUT2D eigenvalue weighted by atomic mass is 10.0. The second-order valence-electron chi connectivity index (χ2n) is 24.5. The number of carbonyl (C=O) groups excluding carboxylic acids is 2. The van der Waals surface area contributed by atoms with Gasteiger partial charge >= 0.3 is 0 Å². The fourth-order valence-corrected chi connectivity index (χ4v) is 9.33. The van der Waals surface area contributed by atoms with Crippen LogP contribution >= 0.6 is 0 Å². The van der Waals surface area contributed by atoms with Crippen molar-refractivity contribution in [3.63, 3.8) is 0 Å². The van der Waals surface area contributed by atoms with E-state index in [4.69, 9.17) is 96.2 Å². The van der Waals surface area contributed by atoms with Crippen LogP contribution < -0.4 is 16.0 Å². The van der Waals surface area contributed by atoms with E-state index < -0.39 is 156 Å². The van der Waals surface area contributed by atoms with Crippen LogP contribution in [-0.4, -0.2) is 525 Å². The molecule has 0 spiro atoms. The molecule has 17 atom stereocenters. The standard InChI is InChI=1S/C66H135N5O38/c1-67-48(66(93)69-5-9-95-13-17-99-21-25-103-29-33-107-37-39-109-35-31-105-27-23-101-19-15-97-11-7-71(42-51(78)60(87)64(91)55(82)46-74)43-52(79)61(88)65(92)56(83)47-75)2-3-57(84)68-4-8-94-12-16-98-20-24-102-28-32-106-36-38-108-34-30-104-26-22-100-18-14-96-10-6-70(40-49(76)58(85)62(89)53(80)44-72)41-50(77)59(86)63(90)54(81)45-73/h48-56,58-65,67,72-83,85-92H,2-47H2,1H3,(H,68,84)(H,69,93)/t48?,49-,50-,51-,52-,53+,54+,55+,56+,58+,59+,60+,61+,62+,63+,64+,65+/m0/s1. The van der Waals surface area contributed by atoms with Gasteiger partial charge in [-0.3, -0.25) is 19.4 Å². The summed E-state index contributed by atoms with van der Waals surface area (Å²) in [4.78, 5) is 27.7. The number of amides is 2. The van der Waals surface area contributed by atoms with Gasteiger partial charge in [-0.15, -0.1) is 0 Å². The molecule has 0 aromatic carbocycles. The van der Waals surface area contributed by atoms with Crippen LogP contribution in [0, 0.1) is 0 Å². The normalized spacial score (nSPS) is 16.9. The Morgan fingerprint density at radius 3 is 0.651 bits per heavy atom. The van der Waals surface area contributed by atoms with Crippen molar-refractivity contribution >= 4 is 11.8 Å². The average Bonchev–Trinajstić information content (AvgIpc) is 0.881. The van der Waals surface area contributed by atoms with Gasteiger partial charge in [0, 0.05) is 58.8 Å². The predicted octanol–water partition coefficient (Wildman–Crippen LogP) is -13.8. The van der Waals surface area contributed by atoms with E-state index in [1.165, 1.54) is 9.80 Å². The van der Waals surface area contributed by atoms with E-state index in [2.05, 4.69) is 16.0 Å². The quantitative estimate of drug-likeness (QED) is 0.0251. The highest BCUT2D eigenvalue weighted by molar-refractivity contribution is 5.83. The Labute approximate surface area is 637 Å². The van der Waals surface area contributed by atoms with Gasteiger partial charge in [0.15, 0.2) is 0 Å². The van der Waals surface area contributed by atoms with E-state index in [9.17, 15) is 91.3 Å². The molecule has 43 nitrogen and oxygen atoms in total. The molecule has 0 aliphatic rings. The van der Waals surface area contributed by atoms with Crippen molar-refractivity contribution < 1.29 is 188 Å². The van der Waals surface area contributed by atoms with Crippen LogP contribution in [-0.2, 0) is 85.4 Å². The lowest BCUT2D eigenvalue weighted by Crippen LogP contribution is -2.53. The molecule has 0 bridgehead atoms. The van der Waals surface area contributed by atoms with Crippen LogP contribution in [0.3, 0.4) is 0 Å². The third-order valence-corrected chi connectivity index (χ3v) is 15.8. The Bertz CT molecular complexity index is 1950. The minimum atomic E-state index is -1.90. The van der Waals surface area contributed by atoms with Crippen molar-refractivity contribution in [2.45, 2.75) is 117 Å². The van der Waals surface area contributed by atoms with Gasteiger partial charge in [-0.1, -0.05) is 0 Å². The number of aliphatic hydroxyl groups is 20. The molecule has 0 aliphatic heterocycles. The van der Waals surface area contributed by atoms with Gasteiger partial charge in [0.1, 0.15) is 73.2 Å². The third-order valence-electron chi connectivity index (χ3n) is 15.8. The fourth-order valence-electron chi connectivity index (χ4n) is 9.33. The summed E-state index contributed by atoms with van der Waals surface area (Å²) in [5.74, 6) is -0.467. The third kappa shape index (κ3) is 57.2. The molecule has 652 valence electrons. The van der Waals surface area contributed by atoms with Gasteiger partial charge in [-0.2, -0.15) is 0 Å². The first kappa shape index (κ1) is 106. The van der Waals surface area contributed by atoms with Crippen molar-refractivity contribution in [3.8, 4) is 0 Å². The molecule has 0 saturated carbocycles. The molecule has 0 radical (unpaired) electrons. The average molecular weight is 1610 g/mol. The molecule has 43 heteroatoms. The minimum absolute atomic E-state index is 0.00631. The number of rotatable bonds is 83. The Morgan fingerprint density at radius 2 is 0.450 bits per heavy atom. The first-order valence-corrected chi connectivity index (χ1v) is 36.8. The van der Waals surface area contributed by atoms with Gasteiger partial charge < -0.3 is 194 Å². The summed E-state index contributed by atoms with van der Waals surface area (Å²) in [5, 5.41) is 206. The maximum atomic E-state index is 12.6. The van der Waals surface area contributed by atoms with Crippen molar-refractivity contribution in [3.05, 3.63) is 0 Å². The topological polar surface area (TPSA) is 629 Å². The zero-order valence-electron chi connectivity index (χ0n) is 63.0. The number of nitrogens with one attached hydrogen (secondary N) is 3. The lowest BCUT2D eigenvalue weighted by molar-refractivity contribution is -0.131. The highest BCUT2D eigenvalue weighted by Gasteiger charge is 2.37. The number of likely N-dealkylation sites (N-methyl/N-ethyl adjacent to an activating group) is 1. The molecule has 109 heavy (non-hydrogen) atoms. The van der Waals surface area contributed by atoms with E-state index in [-0.39, 0.29) is 110 Å². The maximum absolute atomic E-state index is 12.6. The highest BCUT2D eigenvalue weighted by atomic mass is 16.6. The number of hydrogen-bond donors (Lipinski definition) is 23. The Morgan fingerprint density at radius 1 is 0.266 bits per heavy atom. The van der Waals surface area contributed by atoms with Gasteiger partial charge in [-0.05, 0) is 13.5 Å². The summed E-state index contributed by atoms with van der Waals surface area (Å²) in [6.45, 7) is 4.84. The summed E-state index contributed by atoms with van der Waals surface area (Å²) < 4.78 is 88.0. The molecular weight excluding hydrogens is 1470 g/mol.